The molecule has 2 aromatic rings. The number of carbonyl (C=O) groups is 3. The van der Waals surface area contributed by atoms with E-state index >= 15 is 0 Å². The van der Waals surface area contributed by atoms with Gasteiger partial charge in [-0.25, -0.2) is 9.18 Å². The molecule has 0 unspecified atom stereocenters. The molecule has 0 spiro atoms. The Morgan fingerprint density at radius 1 is 0.929 bits per heavy atom. The highest BCUT2D eigenvalue weighted by atomic mass is 19.1. The molecule has 0 amide bonds. The Hall–Kier alpha value is -2.82. The van der Waals surface area contributed by atoms with Crippen LogP contribution >= 0.6 is 0 Å². The van der Waals surface area contributed by atoms with Gasteiger partial charge in [0.1, 0.15) is 11.6 Å². The third-order valence-electron chi connectivity index (χ3n) is 4.78. The maximum Gasteiger partial charge on any atom is 0.374 e. The second-order valence-corrected chi connectivity index (χ2v) is 7.03. The van der Waals surface area contributed by atoms with Crippen LogP contribution in [0.3, 0.4) is 0 Å². The van der Waals surface area contributed by atoms with Gasteiger partial charge in [-0.3, -0.25) is 9.59 Å². The molecular formula is C23H25FO4. The Labute approximate surface area is 164 Å². The van der Waals surface area contributed by atoms with E-state index in [9.17, 15) is 18.8 Å². The number of benzene rings is 2. The van der Waals surface area contributed by atoms with Crippen LogP contribution in [-0.4, -0.2) is 24.6 Å². The van der Waals surface area contributed by atoms with E-state index < -0.39 is 11.8 Å². The monoisotopic (exact) mass is 384 g/mol. The smallest absolute Gasteiger partial charge is 0.374 e. The second kappa shape index (κ2) is 9.40. The van der Waals surface area contributed by atoms with Crippen molar-refractivity contribution < 1.29 is 23.5 Å². The number of aryl methyl sites for hydroxylation is 3. The molecule has 5 heteroatoms. The first-order valence-electron chi connectivity index (χ1n) is 9.22. The van der Waals surface area contributed by atoms with E-state index in [1.165, 1.54) is 6.07 Å². The molecule has 0 aromatic heterocycles. The Kier molecular flexibility index (Phi) is 7.21. The first-order chi connectivity index (χ1) is 13.2. The molecule has 0 aliphatic rings. The summed E-state index contributed by atoms with van der Waals surface area (Å²) in [5.74, 6) is -1.94. The molecule has 2 rings (SSSR count). The Balaban J connectivity index is 2.17. The van der Waals surface area contributed by atoms with Gasteiger partial charge in [0.25, 0.3) is 0 Å². The topological polar surface area (TPSA) is 60.4 Å². The summed E-state index contributed by atoms with van der Waals surface area (Å²) in [4.78, 5) is 34.8. The molecule has 0 saturated carbocycles. The van der Waals surface area contributed by atoms with Gasteiger partial charge in [-0.15, -0.1) is 0 Å². The quantitative estimate of drug-likeness (QED) is 0.499. The molecule has 0 heterocycles. The van der Waals surface area contributed by atoms with E-state index in [-0.39, 0.29) is 30.9 Å². The van der Waals surface area contributed by atoms with Crippen LogP contribution in [0.25, 0.3) is 11.1 Å². The van der Waals surface area contributed by atoms with Crippen molar-refractivity contribution in [3.05, 3.63) is 58.4 Å². The number of rotatable bonds is 8. The molecule has 148 valence electrons. The summed E-state index contributed by atoms with van der Waals surface area (Å²) >= 11 is 0. The summed E-state index contributed by atoms with van der Waals surface area (Å²) in [6.07, 6.45) is 0.668. The number of hydrogen-bond acceptors (Lipinski definition) is 4. The number of halogens is 1. The van der Waals surface area contributed by atoms with Crippen molar-refractivity contribution in [3.63, 3.8) is 0 Å². The van der Waals surface area contributed by atoms with Gasteiger partial charge in [-0.2, -0.15) is 0 Å². The minimum atomic E-state index is -0.920. The van der Waals surface area contributed by atoms with Crippen molar-refractivity contribution in [3.8, 4) is 11.1 Å². The molecule has 0 atom stereocenters. The van der Waals surface area contributed by atoms with Gasteiger partial charge in [0.15, 0.2) is 0 Å². The van der Waals surface area contributed by atoms with Crippen LogP contribution in [0.2, 0.25) is 0 Å². The zero-order valence-corrected chi connectivity index (χ0v) is 16.7. The maximum absolute atomic E-state index is 13.7. The fraction of sp³-hybridized carbons (Fsp3) is 0.348. The fourth-order valence-corrected chi connectivity index (χ4v) is 3.26. The van der Waals surface area contributed by atoms with Gasteiger partial charge in [-0.05, 0) is 67.1 Å². The molecule has 0 saturated heterocycles. The maximum atomic E-state index is 13.7. The van der Waals surface area contributed by atoms with Gasteiger partial charge in [0.05, 0.1) is 7.11 Å². The van der Waals surface area contributed by atoms with Crippen LogP contribution < -0.4 is 0 Å². The highest BCUT2D eigenvalue weighted by Crippen LogP contribution is 2.30. The number of hydrogen-bond donors (Lipinski definition) is 0. The minimum absolute atomic E-state index is 0.0177. The minimum Gasteiger partial charge on any atom is -0.463 e. The van der Waals surface area contributed by atoms with Crippen LogP contribution in [0.1, 0.15) is 41.5 Å². The average molecular weight is 384 g/mol. The van der Waals surface area contributed by atoms with E-state index in [2.05, 4.69) is 10.8 Å². The lowest BCUT2D eigenvalue weighted by Crippen LogP contribution is -2.16. The van der Waals surface area contributed by atoms with Crippen molar-refractivity contribution in [2.24, 2.45) is 0 Å². The van der Waals surface area contributed by atoms with Crippen LogP contribution in [0.4, 0.5) is 4.39 Å². The van der Waals surface area contributed by atoms with Crippen molar-refractivity contribution in [2.45, 2.75) is 46.5 Å². The summed E-state index contributed by atoms with van der Waals surface area (Å²) in [7, 11) is 1.14. The normalized spacial score (nSPS) is 10.6. The summed E-state index contributed by atoms with van der Waals surface area (Å²) in [6.45, 7) is 5.72. The lowest BCUT2D eigenvalue weighted by molar-refractivity contribution is -0.151. The third-order valence-corrected chi connectivity index (χ3v) is 4.78. The van der Waals surface area contributed by atoms with E-state index in [1.807, 2.05) is 26.0 Å². The van der Waals surface area contributed by atoms with Crippen molar-refractivity contribution in [1.29, 1.82) is 0 Å². The second-order valence-electron chi connectivity index (χ2n) is 7.03. The first-order valence-corrected chi connectivity index (χ1v) is 9.22. The van der Waals surface area contributed by atoms with Crippen molar-refractivity contribution in [2.75, 3.05) is 7.11 Å². The largest absolute Gasteiger partial charge is 0.463 e. The molecule has 0 radical (unpaired) electrons. The molecule has 0 aliphatic heterocycles. The lowest BCUT2D eigenvalue weighted by atomic mass is 9.89. The SMILES string of the molecule is COC(=O)C(=O)CCC(=O)CCc1c(C)cc(C)cc1-c1ccc(F)c(C)c1. The molecule has 0 aliphatic carbocycles. The number of esters is 1. The number of Topliss-reactive ketones (excluding diaryl/α,β-unsaturated/α-hetero) is 2. The van der Waals surface area contributed by atoms with E-state index in [0.29, 0.717) is 12.0 Å². The van der Waals surface area contributed by atoms with E-state index in [0.717, 1.165) is 34.9 Å². The van der Waals surface area contributed by atoms with Crippen LogP contribution in [0.15, 0.2) is 30.3 Å². The van der Waals surface area contributed by atoms with E-state index in [1.54, 1.807) is 13.0 Å². The molecule has 2 aromatic carbocycles. The van der Waals surface area contributed by atoms with Gasteiger partial charge < -0.3 is 4.74 Å². The first kappa shape index (κ1) is 21.5. The number of ketones is 2. The van der Waals surface area contributed by atoms with Crippen molar-refractivity contribution in [1.82, 2.24) is 0 Å². The summed E-state index contributed by atoms with van der Waals surface area (Å²) < 4.78 is 18.0. The molecular weight excluding hydrogens is 359 g/mol. The Morgan fingerprint density at radius 3 is 2.29 bits per heavy atom. The van der Waals surface area contributed by atoms with Crippen molar-refractivity contribution >= 4 is 17.5 Å². The highest BCUT2D eigenvalue weighted by molar-refractivity contribution is 6.33. The summed E-state index contributed by atoms with van der Waals surface area (Å²) in [6, 6.07) is 9.11. The predicted molar refractivity (Wildman–Crippen MR) is 106 cm³/mol. The van der Waals surface area contributed by atoms with Crippen LogP contribution in [0, 0.1) is 26.6 Å². The Bertz CT molecular complexity index is 915. The highest BCUT2D eigenvalue weighted by Gasteiger charge is 2.17. The predicted octanol–water partition coefficient (Wildman–Crippen LogP) is 4.44. The van der Waals surface area contributed by atoms with Gasteiger partial charge in [0.2, 0.25) is 5.78 Å². The average Bonchev–Trinajstić information content (AvgIpc) is 2.66. The number of carbonyl (C=O) groups excluding carboxylic acids is 3. The van der Waals surface area contributed by atoms with Crippen LogP contribution in [0.5, 0.6) is 0 Å². The molecule has 0 fully saturated rings. The summed E-state index contributed by atoms with van der Waals surface area (Å²) in [5, 5.41) is 0. The zero-order valence-electron chi connectivity index (χ0n) is 16.7. The van der Waals surface area contributed by atoms with Crippen LogP contribution in [-0.2, 0) is 25.5 Å². The fourth-order valence-electron chi connectivity index (χ4n) is 3.26. The zero-order chi connectivity index (χ0) is 20.8. The van der Waals surface area contributed by atoms with Gasteiger partial charge >= 0.3 is 5.97 Å². The number of ether oxygens (including phenoxy) is 1. The number of methoxy groups -OCH3 is 1. The Morgan fingerprint density at radius 2 is 1.64 bits per heavy atom. The molecule has 4 nitrogen and oxygen atoms in total. The lowest BCUT2D eigenvalue weighted by Gasteiger charge is -2.15. The molecule has 0 N–H and O–H groups in total. The van der Waals surface area contributed by atoms with Gasteiger partial charge in [-0.1, -0.05) is 23.8 Å². The van der Waals surface area contributed by atoms with Gasteiger partial charge in [0, 0.05) is 19.3 Å². The summed E-state index contributed by atoms with van der Waals surface area (Å²) in [5.41, 5.74) is 5.65. The van der Waals surface area contributed by atoms with E-state index in [4.69, 9.17) is 0 Å². The molecule has 0 bridgehead atoms. The standard InChI is InChI=1S/C23H25FO4/c1-14-11-15(2)19(8-6-18(25)7-10-22(26)23(27)28-4)20(12-14)17-5-9-21(24)16(3)13-17/h5,9,11-13H,6-8,10H2,1-4H3. The third kappa shape index (κ3) is 5.35. The molecule has 28 heavy (non-hydrogen) atoms.